The third kappa shape index (κ3) is 6.17. The van der Waals surface area contributed by atoms with Gasteiger partial charge in [-0.1, -0.05) is 67.0 Å². The maximum Gasteiger partial charge on any atom is 0.135 e. The quantitative estimate of drug-likeness (QED) is 0.159. The van der Waals surface area contributed by atoms with Crippen LogP contribution in [0.3, 0.4) is 0 Å². The number of quaternary nitrogens is 1. The molecule has 4 nitrogen and oxygen atoms in total. The predicted octanol–water partition coefficient (Wildman–Crippen LogP) is 9.00. The summed E-state index contributed by atoms with van der Waals surface area (Å²) in [6.07, 6.45) is 8.58. The Hall–Kier alpha value is -2.69. The zero-order valence-electron chi connectivity index (χ0n) is 27.1. The largest absolute Gasteiger partial charge is 0.508 e. The molecule has 0 spiro atoms. The van der Waals surface area contributed by atoms with Crippen LogP contribution in [-0.2, 0) is 22.1 Å². The molecule has 0 radical (unpaired) electrons. The molecule has 2 bridgehead atoms. The van der Waals surface area contributed by atoms with Gasteiger partial charge in [-0.2, -0.15) is 0 Å². The molecule has 226 valence electrons. The maximum atomic E-state index is 10.5. The number of aromatic hydroxyl groups is 1. The van der Waals surface area contributed by atoms with E-state index >= 15 is 0 Å². The van der Waals surface area contributed by atoms with Gasteiger partial charge in [0.15, 0.2) is 0 Å². The molecule has 3 saturated heterocycles. The molecular formula is C38H53N2O2+. The lowest BCUT2D eigenvalue weighted by atomic mass is 9.70. The highest BCUT2D eigenvalue weighted by atomic mass is 16.5. The number of fused-ring (bicyclic) bond motifs is 4. The van der Waals surface area contributed by atoms with Crippen molar-refractivity contribution in [1.82, 2.24) is 4.98 Å². The second-order valence-corrected chi connectivity index (χ2v) is 15.2. The van der Waals surface area contributed by atoms with Crippen LogP contribution in [0.1, 0.15) is 103 Å². The first-order valence-electron chi connectivity index (χ1n) is 16.2. The number of hydrogen-bond donors (Lipinski definition) is 1. The van der Waals surface area contributed by atoms with E-state index < -0.39 is 0 Å². The Morgan fingerprint density at radius 1 is 1.05 bits per heavy atom. The summed E-state index contributed by atoms with van der Waals surface area (Å²) in [7, 11) is 0. The number of ether oxygens (including phenoxy) is 1. The van der Waals surface area contributed by atoms with Crippen LogP contribution in [0.25, 0.3) is 10.9 Å². The average Bonchev–Trinajstić information content (AvgIpc) is 2.94. The Morgan fingerprint density at radius 3 is 2.40 bits per heavy atom. The number of aromatic nitrogens is 1. The number of phenolic OH excluding ortho intramolecular Hbond substituents is 1. The minimum Gasteiger partial charge on any atom is -0.508 e. The van der Waals surface area contributed by atoms with Crippen molar-refractivity contribution in [2.24, 2.45) is 11.8 Å². The van der Waals surface area contributed by atoms with Crippen LogP contribution in [0.15, 0.2) is 61.3 Å². The molecule has 1 N–H and O–H groups in total. The number of nitrogens with zero attached hydrogens (tertiary/aromatic N) is 2. The van der Waals surface area contributed by atoms with E-state index in [2.05, 4.69) is 90.4 Å². The maximum absolute atomic E-state index is 10.5. The first-order valence-corrected chi connectivity index (χ1v) is 16.2. The number of benzene rings is 2. The summed E-state index contributed by atoms with van der Waals surface area (Å²) in [5.74, 6) is 1.44. The number of rotatable bonds is 9. The van der Waals surface area contributed by atoms with Gasteiger partial charge in [0.25, 0.3) is 0 Å². The van der Waals surface area contributed by atoms with Crippen molar-refractivity contribution in [1.29, 1.82) is 0 Å². The van der Waals surface area contributed by atoms with Gasteiger partial charge in [-0.05, 0) is 76.3 Å². The SMILES string of the molecule is C=CC1C[N+]2(Cc3cc(C(C)(C)C)cc(C(C)(C)C)c3)CCC1CC2[C@@H](OCCCC)c1ccnc2ccc(O)cc12. The predicted molar refractivity (Wildman–Crippen MR) is 175 cm³/mol. The Balaban J connectivity index is 1.64. The molecule has 6 rings (SSSR count). The smallest absolute Gasteiger partial charge is 0.135 e. The number of pyridine rings is 1. The second-order valence-electron chi connectivity index (χ2n) is 15.2. The lowest BCUT2D eigenvalue weighted by Crippen LogP contribution is -2.67. The molecule has 42 heavy (non-hydrogen) atoms. The van der Waals surface area contributed by atoms with Crippen molar-refractivity contribution in [3.8, 4) is 5.75 Å². The molecule has 4 heterocycles. The summed E-state index contributed by atoms with van der Waals surface area (Å²) in [6, 6.07) is 15.4. The number of piperidine rings is 3. The van der Waals surface area contributed by atoms with Gasteiger partial charge in [0.05, 0.1) is 18.6 Å². The van der Waals surface area contributed by atoms with E-state index in [1.807, 2.05) is 18.3 Å². The zero-order chi connectivity index (χ0) is 30.3. The summed E-state index contributed by atoms with van der Waals surface area (Å²) < 4.78 is 7.96. The van der Waals surface area contributed by atoms with Gasteiger partial charge >= 0.3 is 0 Å². The third-order valence-electron chi connectivity index (χ3n) is 10.1. The highest BCUT2D eigenvalue weighted by molar-refractivity contribution is 5.83. The van der Waals surface area contributed by atoms with E-state index in [9.17, 15) is 5.11 Å². The molecule has 4 unspecified atom stereocenters. The molecule has 0 aliphatic carbocycles. The van der Waals surface area contributed by atoms with Crippen LogP contribution in [-0.4, -0.2) is 40.3 Å². The van der Waals surface area contributed by atoms with Gasteiger partial charge < -0.3 is 14.3 Å². The molecule has 0 saturated carbocycles. The third-order valence-corrected chi connectivity index (χ3v) is 10.1. The van der Waals surface area contributed by atoms with E-state index in [0.29, 0.717) is 17.9 Å². The minimum atomic E-state index is -0.0645. The number of hydrogen-bond acceptors (Lipinski definition) is 3. The van der Waals surface area contributed by atoms with Gasteiger partial charge in [-0.15, -0.1) is 6.58 Å². The summed E-state index contributed by atoms with van der Waals surface area (Å²) in [5, 5.41) is 11.5. The Morgan fingerprint density at radius 2 is 1.76 bits per heavy atom. The van der Waals surface area contributed by atoms with Crippen molar-refractivity contribution in [3.05, 3.63) is 83.6 Å². The first-order chi connectivity index (χ1) is 19.8. The fraction of sp³-hybridized carbons (Fsp3) is 0.553. The average molecular weight is 570 g/mol. The van der Waals surface area contributed by atoms with E-state index in [0.717, 1.165) is 66.5 Å². The van der Waals surface area contributed by atoms with Crippen molar-refractivity contribution < 1.29 is 14.3 Å². The van der Waals surface area contributed by atoms with Gasteiger partial charge in [0.1, 0.15) is 24.4 Å². The molecule has 2 aromatic carbocycles. The van der Waals surface area contributed by atoms with Crippen LogP contribution in [0.2, 0.25) is 0 Å². The van der Waals surface area contributed by atoms with E-state index in [1.165, 1.54) is 23.1 Å². The van der Waals surface area contributed by atoms with Gasteiger partial charge in [0, 0.05) is 42.5 Å². The Kier molecular flexibility index (Phi) is 8.62. The topological polar surface area (TPSA) is 42.4 Å². The molecule has 3 fully saturated rings. The van der Waals surface area contributed by atoms with E-state index in [1.54, 1.807) is 6.07 Å². The summed E-state index contributed by atoms with van der Waals surface area (Å²) in [4.78, 5) is 4.65. The highest BCUT2D eigenvalue weighted by Gasteiger charge is 2.54. The second kappa shape index (κ2) is 11.8. The number of unbranched alkanes of at least 4 members (excludes halogenated alkanes) is 1. The normalized spacial score (nSPS) is 25.1. The summed E-state index contributed by atoms with van der Waals surface area (Å²) in [6.45, 7) is 24.5. The van der Waals surface area contributed by atoms with Crippen LogP contribution < -0.4 is 0 Å². The summed E-state index contributed by atoms with van der Waals surface area (Å²) >= 11 is 0. The first kappa shape index (κ1) is 30.8. The number of phenols is 1. The van der Waals surface area contributed by atoms with Crippen LogP contribution in [0.4, 0.5) is 0 Å². The zero-order valence-corrected chi connectivity index (χ0v) is 27.1. The molecule has 3 aliphatic heterocycles. The fourth-order valence-corrected chi connectivity index (χ4v) is 7.54. The minimum absolute atomic E-state index is 0.0645. The van der Waals surface area contributed by atoms with Crippen LogP contribution in [0, 0.1) is 11.8 Å². The highest BCUT2D eigenvalue weighted by Crippen LogP contribution is 2.49. The molecule has 1 aromatic heterocycles. The van der Waals surface area contributed by atoms with Crippen molar-refractivity contribution in [2.75, 3.05) is 19.7 Å². The molecule has 3 aliphatic rings. The van der Waals surface area contributed by atoms with Crippen LogP contribution >= 0.6 is 0 Å². The van der Waals surface area contributed by atoms with Crippen molar-refractivity contribution in [2.45, 2.75) is 104 Å². The van der Waals surface area contributed by atoms with Gasteiger partial charge in [-0.25, -0.2) is 0 Å². The van der Waals surface area contributed by atoms with E-state index in [4.69, 9.17) is 4.74 Å². The van der Waals surface area contributed by atoms with Crippen LogP contribution in [0.5, 0.6) is 5.75 Å². The Labute approximate surface area is 254 Å². The lowest BCUT2D eigenvalue weighted by Gasteiger charge is -2.58. The Bertz CT molecular complexity index is 1380. The monoisotopic (exact) mass is 569 g/mol. The standard InChI is InChI=1S/C38H52N2O2/c1-9-11-18-42-36(32-14-16-39-34-13-12-31(41)23-33(32)34)35-21-28-15-17-40(35,25-27(28)10-2)24-26-19-29(37(3,4)5)22-30(20-26)38(6,7)8/h10,12-14,16,19-20,22-23,27-28,35-36H,2,9,11,15,17-18,21,24-25H2,1,3-8H3/p+1/t27?,28?,35?,36-,40?/m0/s1. The lowest BCUT2D eigenvalue weighted by molar-refractivity contribution is -0.985. The summed E-state index contributed by atoms with van der Waals surface area (Å²) in [5.41, 5.74) is 6.50. The molecule has 3 aromatic rings. The molecule has 0 amide bonds. The fourth-order valence-electron chi connectivity index (χ4n) is 7.54. The van der Waals surface area contributed by atoms with Gasteiger partial charge in [-0.3, -0.25) is 4.98 Å². The molecular weight excluding hydrogens is 516 g/mol. The van der Waals surface area contributed by atoms with Gasteiger partial charge in [0.2, 0.25) is 0 Å². The van der Waals surface area contributed by atoms with Crippen molar-refractivity contribution >= 4 is 10.9 Å². The van der Waals surface area contributed by atoms with E-state index in [-0.39, 0.29) is 22.7 Å². The van der Waals surface area contributed by atoms with Crippen molar-refractivity contribution in [3.63, 3.8) is 0 Å². The molecule has 4 heteroatoms. The molecule has 5 atom stereocenters.